The smallest absolute Gasteiger partial charge is 0.336 e. The molecule has 0 radical (unpaired) electrons. The summed E-state index contributed by atoms with van der Waals surface area (Å²) in [5.74, 6) is 1.25. The van der Waals surface area contributed by atoms with E-state index in [1.807, 2.05) is 38.1 Å². The molecule has 1 N–H and O–H groups in total. The van der Waals surface area contributed by atoms with Gasteiger partial charge in [-0.25, -0.2) is 9.36 Å². The van der Waals surface area contributed by atoms with Crippen molar-refractivity contribution in [2.45, 2.75) is 26.9 Å². The first kappa shape index (κ1) is 21.4. The standard InChI is InChI=1S/C22H25N5O5/c1-15-20(16(2)32-24-15)13-26-12-18(10-23-26)27-21(28)14-25(22(27)29)11-17-5-4-6-19(9-17)31-8-7-30-3/h4-6,9-10,12,14,28H,7-8,11,13H2,1-3H3. The monoisotopic (exact) mass is 439 g/mol. The number of hydrogen-bond donors (Lipinski definition) is 1. The lowest BCUT2D eigenvalue weighted by atomic mass is 10.2. The molecule has 0 aliphatic rings. The third-order valence-electron chi connectivity index (χ3n) is 5.12. The van der Waals surface area contributed by atoms with Crippen LogP contribution in [0.15, 0.2) is 52.2 Å². The highest BCUT2D eigenvalue weighted by Crippen LogP contribution is 2.19. The number of nitrogens with zero attached hydrogens (tertiary/aromatic N) is 5. The van der Waals surface area contributed by atoms with Gasteiger partial charge in [0.2, 0.25) is 5.88 Å². The molecule has 0 aliphatic carbocycles. The Labute approximate surface area is 184 Å². The Morgan fingerprint density at radius 3 is 2.75 bits per heavy atom. The molecule has 32 heavy (non-hydrogen) atoms. The van der Waals surface area contributed by atoms with Gasteiger partial charge in [0.1, 0.15) is 18.1 Å². The van der Waals surface area contributed by atoms with Crippen LogP contribution in [-0.4, -0.2) is 49.5 Å². The van der Waals surface area contributed by atoms with Crippen molar-refractivity contribution >= 4 is 0 Å². The topological polar surface area (TPSA) is 109 Å². The quantitative estimate of drug-likeness (QED) is 0.399. The fourth-order valence-corrected chi connectivity index (χ4v) is 3.45. The molecular formula is C22H25N5O5. The number of benzene rings is 1. The van der Waals surface area contributed by atoms with Crippen molar-refractivity contribution in [2.24, 2.45) is 0 Å². The summed E-state index contributed by atoms with van der Waals surface area (Å²) in [7, 11) is 1.61. The van der Waals surface area contributed by atoms with E-state index in [-0.39, 0.29) is 18.1 Å². The molecule has 0 fully saturated rings. The third kappa shape index (κ3) is 4.45. The lowest BCUT2D eigenvalue weighted by Gasteiger charge is -2.07. The van der Waals surface area contributed by atoms with Crippen LogP contribution in [0, 0.1) is 13.8 Å². The summed E-state index contributed by atoms with van der Waals surface area (Å²) >= 11 is 0. The van der Waals surface area contributed by atoms with Crippen LogP contribution in [0.4, 0.5) is 0 Å². The number of aromatic nitrogens is 5. The highest BCUT2D eigenvalue weighted by Gasteiger charge is 2.16. The molecule has 168 valence electrons. The van der Waals surface area contributed by atoms with Crippen molar-refractivity contribution in [1.29, 1.82) is 0 Å². The van der Waals surface area contributed by atoms with Crippen LogP contribution in [-0.2, 0) is 17.8 Å². The maximum Gasteiger partial charge on any atom is 0.336 e. The predicted molar refractivity (Wildman–Crippen MR) is 115 cm³/mol. The van der Waals surface area contributed by atoms with E-state index >= 15 is 0 Å². The number of hydrogen-bond acceptors (Lipinski definition) is 7. The van der Waals surface area contributed by atoms with Crippen LogP contribution in [0.5, 0.6) is 11.6 Å². The van der Waals surface area contributed by atoms with E-state index in [0.717, 1.165) is 22.6 Å². The maximum atomic E-state index is 13.0. The van der Waals surface area contributed by atoms with Crippen LogP contribution in [0.25, 0.3) is 5.69 Å². The molecule has 0 unspecified atom stereocenters. The molecule has 0 aliphatic heterocycles. The van der Waals surface area contributed by atoms with Crippen molar-refractivity contribution in [1.82, 2.24) is 24.1 Å². The van der Waals surface area contributed by atoms with E-state index in [1.165, 1.54) is 21.5 Å². The lowest BCUT2D eigenvalue weighted by Crippen LogP contribution is -2.23. The van der Waals surface area contributed by atoms with E-state index in [0.29, 0.717) is 31.2 Å². The zero-order chi connectivity index (χ0) is 22.7. The van der Waals surface area contributed by atoms with Crippen LogP contribution >= 0.6 is 0 Å². The molecule has 4 aromatic rings. The molecule has 0 spiro atoms. The van der Waals surface area contributed by atoms with Crippen LogP contribution in [0.1, 0.15) is 22.6 Å². The predicted octanol–water partition coefficient (Wildman–Crippen LogP) is 2.27. The van der Waals surface area contributed by atoms with Crippen molar-refractivity contribution in [3.8, 4) is 17.3 Å². The Morgan fingerprint density at radius 1 is 1.16 bits per heavy atom. The third-order valence-corrected chi connectivity index (χ3v) is 5.12. The van der Waals surface area contributed by atoms with Gasteiger partial charge in [-0.05, 0) is 31.5 Å². The van der Waals surface area contributed by atoms with Crippen molar-refractivity contribution in [2.75, 3.05) is 20.3 Å². The number of imidazole rings is 1. The van der Waals surface area contributed by atoms with Gasteiger partial charge in [0, 0.05) is 18.9 Å². The van der Waals surface area contributed by atoms with E-state index in [1.54, 1.807) is 18.0 Å². The van der Waals surface area contributed by atoms with Crippen LogP contribution < -0.4 is 10.4 Å². The van der Waals surface area contributed by atoms with E-state index in [9.17, 15) is 9.90 Å². The summed E-state index contributed by atoms with van der Waals surface area (Å²) in [4.78, 5) is 13.0. The Kier molecular flexibility index (Phi) is 6.13. The van der Waals surface area contributed by atoms with E-state index < -0.39 is 0 Å². The Bertz CT molecular complexity index is 1250. The van der Waals surface area contributed by atoms with Crippen molar-refractivity contribution in [3.63, 3.8) is 0 Å². The van der Waals surface area contributed by atoms with Crippen LogP contribution in [0.2, 0.25) is 0 Å². The van der Waals surface area contributed by atoms with Crippen molar-refractivity contribution < 1.29 is 19.1 Å². The summed E-state index contributed by atoms with van der Waals surface area (Å²) in [6.07, 6.45) is 4.64. The fraction of sp³-hybridized carbons (Fsp3) is 0.318. The molecular weight excluding hydrogens is 414 g/mol. The molecule has 3 aromatic heterocycles. The second kappa shape index (κ2) is 9.15. The van der Waals surface area contributed by atoms with Gasteiger partial charge < -0.3 is 19.1 Å². The molecule has 0 bridgehead atoms. The highest BCUT2D eigenvalue weighted by atomic mass is 16.5. The van der Waals surface area contributed by atoms with Crippen LogP contribution in [0.3, 0.4) is 0 Å². The zero-order valence-electron chi connectivity index (χ0n) is 18.2. The first-order valence-electron chi connectivity index (χ1n) is 10.1. The Balaban J connectivity index is 1.54. The summed E-state index contributed by atoms with van der Waals surface area (Å²) in [5.41, 5.74) is 2.69. The number of aromatic hydroxyl groups is 1. The van der Waals surface area contributed by atoms with Gasteiger partial charge >= 0.3 is 5.69 Å². The minimum atomic E-state index is -0.370. The zero-order valence-corrected chi connectivity index (χ0v) is 18.2. The average Bonchev–Trinajstić information content (AvgIpc) is 3.43. The molecule has 4 rings (SSSR count). The van der Waals surface area contributed by atoms with Gasteiger partial charge in [-0.1, -0.05) is 17.3 Å². The minimum absolute atomic E-state index is 0.167. The summed E-state index contributed by atoms with van der Waals surface area (Å²) in [5, 5.41) is 18.7. The largest absolute Gasteiger partial charge is 0.493 e. The molecule has 0 atom stereocenters. The second-order valence-electron chi connectivity index (χ2n) is 7.42. The first-order chi connectivity index (χ1) is 15.5. The molecule has 0 saturated heterocycles. The molecule has 10 heteroatoms. The molecule has 3 heterocycles. The van der Waals surface area contributed by atoms with Gasteiger partial charge in [-0.3, -0.25) is 9.25 Å². The van der Waals surface area contributed by atoms with Crippen molar-refractivity contribution in [3.05, 3.63) is 75.9 Å². The average molecular weight is 439 g/mol. The summed E-state index contributed by atoms with van der Waals surface area (Å²) < 4.78 is 20.1. The Hall–Kier alpha value is -3.79. The molecule has 1 aromatic carbocycles. The normalized spacial score (nSPS) is 11.2. The fourth-order valence-electron chi connectivity index (χ4n) is 3.45. The molecule has 0 saturated carbocycles. The van der Waals surface area contributed by atoms with Gasteiger partial charge in [-0.2, -0.15) is 5.10 Å². The van der Waals surface area contributed by atoms with Gasteiger partial charge in [0.05, 0.1) is 43.5 Å². The maximum absolute atomic E-state index is 13.0. The van der Waals surface area contributed by atoms with E-state index in [4.69, 9.17) is 14.0 Å². The van der Waals surface area contributed by atoms with Gasteiger partial charge in [0.25, 0.3) is 0 Å². The number of rotatable bonds is 9. The van der Waals surface area contributed by atoms with E-state index in [2.05, 4.69) is 10.3 Å². The molecule has 0 amide bonds. The number of aryl methyl sites for hydroxylation is 2. The summed E-state index contributed by atoms with van der Waals surface area (Å²) in [6.45, 7) is 5.37. The lowest BCUT2D eigenvalue weighted by molar-refractivity contribution is 0.146. The first-order valence-corrected chi connectivity index (χ1v) is 10.1. The SMILES string of the molecule is COCCOc1cccc(Cn2cc(O)n(-c3cnn(Cc4c(C)noc4C)c3)c2=O)c1. The molecule has 10 nitrogen and oxygen atoms in total. The van der Waals surface area contributed by atoms with Gasteiger partial charge in [-0.15, -0.1) is 0 Å². The number of ether oxygens (including phenoxy) is 2. The number of methoxy groups -OCH3 is 1. The minimum Gasteiger partial charge on any atom is -0.493 e. The summed E-state index contributed by atoms with van der Waals surface area (Å²) in [6, 6.07) is 7.46. The Morgan fingerprint density at radius 2 is 2.00 bits per heavy atom. The highest BCUT2D eigenvalue weighted by molar-refractivity contribution is 5.33. The second-order valence-corrected chi connectivity index (χ2v) is 7.42. The van der Waals surface area contributed by atoms with Gasteiger partial charge in [0.15, 0.2) is 0 Å².